The number of ether oxygens (including phenoxy) is 2. The van der Waals surface area contributed by atoms with Gasteiger partial charge in [0, 0.05) is 40.5 Å². The average Bonchev–Trinajstić information content (AvgIpc) is 3.54. The first-order chi connectivity index (χ1) is 27.6. The Morgan fingerprint density at radius 1 is 0.780 bits per heavy atom. The summed E-state index contributed by atoms with van der Waals surface area (Å²) in [5.41, 5.74) is -5.37. The van der Waals surface area contributed by atoms with Gasteiger partial charge >= 0.3 is 18.5 Å². The number of anilines is 2. The molecule has 3 amide bonds. The minimum absolute atomic E-state index is 0.119. The molecule has 8 nitrogen and oxygen atoms in total. The highest BCUT2D eigenvalue weighted by Crippen LogP contribution is 2.42. The summed E-state index contributed by atoms with van der Waals surface area (Å²) in [6.07, 6.45) is -14.6. The van der Waals surface area contributed by atoms with E-state index in [2.05, 4.69) is 10.6 Å². The largest absolute Gasteiger partial charge is 0.496 e. The molecule has 59 heavy (non-hydrogen) atoms. The van der Waals surface area contributed by atoms with Gasteiger partial charge in [-0.1, -0.05) is 18.2 Å². The summed E-state index contributed by atoms with van der Waals surface area (Å²) >= 11 is 0.431. The number of thiophene rings is 1. The smallest absolute Gasteiger partial charge is 0.419 e. The van der Waals surface area contributed by atoms with E-state index in [0.717, 1.165) is 43.5 Å². The summed E-state index contributed by atoms with van der Waals surface area (Å²) in [5, 5.41) is 6.40. The minimum atomic E-state index is -5.16. The van der Waals surface area contributed by atoms with E-state index in [1.54, 1.807) is 0 Å². The zero-order valence-electron chi connectivity index (χ0n) is 30.0. The van der Waals surface area contributed by atoms with Crippen LogP contribution in [0.25, 0.3) is 21.2 Å². The number of alkyl halides is 9. The van der Waals surface area contributed by atoms with Crippen molar-refractivity contribution in [3.63, 3.8) is 0 Å². The molecule has 1 saturated heterocycles. The quantitative estimate of drug-likeness (QED) is 0.128. The molecule has 2 heterocycles. The van der Waals surface area contributed by atoms with Crippen LogP contribution in [0, 0.1) is 17.6 Å². The Labute approximate surface area is 330 Å². The van der Waals surface area contributed by atoms with Crippen molar-refractivity contribution < 1.29 is 72.2 Å². The second-order valence-electron chi connectivity index (χ2n) is 13.1. The molecule has 0 bridgehead atoms. The third-order valence-electron chi connectivity index (χ3n) is 9.28. The van der Waals surface area contributed by atoms with Crippen molar-refractivity contribution in [1.82, 2.24) is 5.32 Å². The number of fused-ring (bicyclic) bond motifs is 1. The Kier molecular flexibility index (Phi) is 12.0. The summed E-state index contributed by atoms with van der Waals surface area (Å²) in [4.78, 5) is 39.8. The predicted molar refractivity (Wildman–Crippen MR) is 193 cm³/mol. The van der Waals surface area contributed by atoms with Crippen molar-refractivity contribution >= 4 is 50.5 Å². The molecule has 6 rings (SSSR count). The molecular formula is C39H28F11N3O5S. The number of amides is 3. The summed E-state index contributed by atoms with van der Waals surface area (Å²) in [5.74, 6) is -6.82. The van der Waals surface area contributed by atoms with E-state index < -0.39 is 104 Å². The van der Waals surface area contributed by atoms with Gasteiger partial charge in [-0.3, -0.25) is 14.4 Å². The van der Waals surface area contributed by atoms with Gasteiger partial charge in [0.15, 0.2) is 6.04 Å². The molecule has 20 heteroatoms. The number of carbonyl (C=O) groups excluding carboxylic acids is 3. The van der Waals surface area contributed by atoms with Crippen molar-refractivity contribution in [3.8, 4) is 16.9 Å². The highest BCUT2D eigenvalue weighted by atomic mass is 32.1. The minimum Gasteiger partial charge on any atom is -0.496 e. The maximum Gasteiger partial charge on any atom is 0.419 e. The summed E-state index contributed by atoms with van der Waals surface area (Å²) < 4.78 is 164. The van der Waals surface area contributed by atoms with Crippen LogP contribution in [-0.2, 0) is 21.9 Å². The van der Waals surface area contributed by atoms with Gasteiger partial charge < -0.3 is 25.4 Å². The fraction of sp³-hybridized carbons (Fsp3) is 0.256. The lowest BCUT2D eigenvalue weighted by molar-refractivity contribution is -0.165. The standard InChI is InChI=1S/C39H28F11N3O5S/c1-57-29-9-3-19(24-15-20(2-7-27(24)40)33(39(48,49)50)53-34(54)18-10-12-58-13-11-18)14-25(29)35(55)52-31-23-6-4-21(37(42,43)44)16-30(23)59-32(31)36(56)51-22-5-8-28(41)26(17-22)38(45,46)47/h2-9,14-18,33H,10-13H2,1H3,(H,51,56)(H,52,55)(H,53,54). The molecule has 1 aliphatic rings. The first-order valence-corrected chi connectivity index (χ1v) is 18.0. The maximum atomic E-state index is 15.4. The summed E-state index contributed by atoms with van der Waals surface area (Å²) in [7, 11) is 1.14. The first-order valence-electron chi connectivity index (χ1n) is 17.2. The van der Waals surface area contributed by atoms with Crippen LogP contribution in [0.2, 0.25) is 0 Å². The molecule has 0 aliphatic carbocycles. The van der Waals surface area contributed by atoms with Crippen LogP contribution in [0.1, 0.15) is 55.6 Å². The summed E-state index contributed by atoms with van der Waals surface area (Å²) in [6, 6.07) is 7.09. The van der Waals surface area contributed by atoms with Gasteiger partial charge in [-0.2, -0.15) is 39.5 Å². The van der Waals surface area contributed by atoms with Crippen LogP contribution in [0.5, 0.6) is 5.75 Å². The van der Waals surface area contributed by atoms with Crippen LogP contribution in [-0.4, -0.2) is 44.2 Å². The lowest BCUT2D eigenvalue weighted by Crippen LogP contribution is -2.42. The van der Waals surface area contributed by atoms with Gasteiger partial charge in [0.1, 0.15) is 22.3 Å². The van der Waals surface area contributed by atoms with E-state index >= 15 is 4.39 Å². The number of nitrogens with one attached hydrogen (secondary N) is 3. The molecule has 1 aromatic heterocycles. The van der Waals surface area contributed by atoms with Crippen LogP contribution in [0.4, 0.5) is 59.7 Å². The van der Waals surface area contributed by atoms with Crippen molar-refractivity contribution in [3.05, 3.63) is 112 Å². The Balaban J connectivity index is 1.37. The molecule has 5 aromatic rings. The Hall–Kier alpha value is -5.76. The number of hydrogen-bond donors (Lipinski definition) is 3. The van der Waals surface area contributed by atoms with Gasteiger partial charge in [0.25, 0.3) is 11.8 Å². The van der Waals surface area contributed by atoms with E-state index in [-0.39, 0.29) is 47.5 Å². The van der Waals surface area contributed by atoms with Crippen molar-refractivity contribution in [2.45, 2.75) is 37.4 Å². The Morgan fingerprint density at radius 2 is 1.47 bits per heavy atom. The van der Waals surface area contributed by atoms with Gasteiger partial charge in [0.05, 0.1) is 29.5 Å². The van der Waals surface area contributed by atoms with E-state index in [9.17, 15) is 58.3 Å². The number of hydrogen-bond acceptors (Lipinski definition) is 6. The molecule has 1 atom stereocenters. The lowest BCUT2D eigenvalue weighted by atomic mass is 9.95. The fourth-order valence-electron chi connectivity index (χ4n) is 6.32. The van der Waals surface area contributed by atoms with Gasteiger partial charge in [-0.15, -0.1) is 11.3 Å². The normalized spacial score (nSPS) is 14.5. The highest BCUT2D eigenvalue weighted by molar-refractivity contribution is 7.21. The molecule has 4 aromatic carbocycles. The molecule has 3 N–H and O–H groups in total. The third-order valence-corrected chi connectivity index (χ3v) is 10.4. The van der Waals surface area contributed by atoms with Gasteiger partial charge in [0.2, 0.25) is 5.91 Å². The zero-order valence-corrected chi connectivity index (χ0v) is 30.8. The number of benzene rings is 4. The molecule has 1 aliphatic heterocycles. The molecule has 1 unspecified atom stereocenters. The average molecular weight is 860 g/mol. The monoisotopic (exact) mass is 859 g/mol. The molecule has 0 radical (unpaired) electrons. The highest BCUT2D eigenvalue weighted by Gasteiger charge is 2.43. The van der Waals surface area contributed by atoms with E-state index in [1.165, 1.54) is 12.1 Å². The number of rotatable bonds is 9. The molecular weight excluding hydrogens is 831 g/mol. The maximum absolute atomic E-state index is 15.4. The summed E-state index contributed by atoms with van der Waals surface area (Å²) in [6.45, 7) is 0.363. The molecule has 0 spiro atoms. The molecule has 312 valence electrons. The Morgan fingerprint density at radius 3 is 2.12 bits per heavy atom. The number of carbonyl (C=O) groups is 3. The fourth-order valence-corrected chi connectivity index (χ4v) is 7.41. The van der Waals surface area contributed by atoms with Gasteiger partial charge in [-0.05, 0) is 78.6 Å². The van der Waals surface area contributed by atoms with E-state index in [1.807, 2.05) is 5.32 Å². The lowest BCUT2D eigenvalue weighted by Gasteiger charge is -2.27. The third kappa shape index (κ3) is 9.43. The zero-order chi connectivity index (χ0) is 43.0. The topological polar surface area (TPSA) is 106 Å². The number of methoxy groups -OCH3 is 1. The first kappa shape index (κ1) is 42.8. The van der Waals surface area contributed by atoms with E-state index in [0.29, 0.717) is 35.6 Å². The Bertz CT molecular complexity index is 2420. The molecule has 1 fully saturated rings. The van der Waals surface area contributed by atoms with Crippen molar-refractivity contribution in [2.24, 2.45) is 5.92 Å². The van der Waals surface area contributed by atoms with Crippen molar-refractivity contribution in [2.75, 3.05) is 31.0 Å². The van der Waals surface area contributed by atoms with Crippen LogP contribution in [0.15, 0.2) is 72.8 Å². The van der Waals surface area contributed by atoms with Gasteiger partial charge in [-0.25, -0.2) is 8.78 Å². The predicted octanol–water partition coefficient (Wildman–Crippen LogP) is 10.5. The second kappa shape index (κ2) is 16.5. The van der Waals surface area contributed by atoms with Crippen molar-refractivity contribution in [1.29, 1.82) is 0 Å². The number of halogens is 11. The molecule has 0 saturated carbocycles. The second-order valence-corrected chi connectivity index (χ2v) is 14.2. The van der Waals surface area contributed by atoms with Crippen LogP contribution in [0.3, 0.4) is 0 Å². The van der Waals surface area contributed by atoms with Crippen LogP contribution >= 0.6 is 11.3 Å². The SMILES string of the molecule is COc1ccc(-c2cc(C(NC(=O)C3CCOCC3)C(F)(F)F)ccc2F)cc1C(=O)Nc1c(C(=O)Nc2ccc(F)c(C(F)(F)F)c2)sc2cc(C(F)(F)F)ccc12. The van der Waals surface area contributed by atoms with Crippen LogP contribution < -0.4 is 20.7 Å². The van der Waals surface area contributed by atoms with E-state index in [4.69, 9.17) is 9.47 Å².